The van der Waals surface area contributed by atoms with Crippen LogP contribution in [0.5, 0.6) is 0 Å². The molecule has 4 heteroatoms. The molecule has 2 bridgehead atoms. The van der Waals surface area contributed by atoms with Gasteiger partial charge in [-0.1, -0.05) is 38.1 Å². The Labute approximate surface area is 128 Å². The van der Waals surface area contributed by atoms with E-state index in [1.54, 1.807) is 0 Å². The molecule has 4 rings (SSSR count). The summed E-state index contributed by atoms with van der Waals surface area (Å²) >= 11 is 0. The van der Waals surface area contributed by atoms with Crippen LogP contribution in [0.2, 0.25) is 0 Å². The molecule has 0 saturated carbocycles. The van der Waals surface area contributed by atoms with Crippen LogP contribution in [-0.4, -0.2) is 54.6 Å². The monoisotopic (exact) mass is 288 g/mol. The van der Waals surface area contributed by atoms with Crippen LogP contribution in [0.4, 0.5) is 0 Å². The molecule has 0 aliphatic carbocycles. The molecule has 4 nitrogen and oxygen atoms in total. The summed E-state index contributed by atoms with van der Waals surface area (Å²) in [7, 11) is 0. The molecule has 2 atom stereocenters. The Morgan fingerprint density at radius 1 is 1.14 bits per heavy atom. The van der Waals surface area contributed by atoms with E-state index in [-0.39, 0.29) is 0 Å². The Balaban J connectivity index is 1.66. The van der Waals surface area contributed by atoms with Crippen molar-refractivity contribution in [2.75, 3.05) is 32.7 Å². The van der Waals surface area contributed by atoms with Crippen LogP contribution in [0.15, 0.2) is 24.3 Å². The number of fused-ring (bicyclic) bond motifs is 3. The summed E-state index contributed by atoms with van der Waals surface area (Å²) in [6, 6.07) is 9.90. The molecular formula is C17H28N4. The van der Waals surface area contributed by atoms with Crippen LogP contribution in [0.25, 0.3) is 0 Å². The predicted molar refractivity (Wildman–Crippen MR) is 87.1 cm³/mol. The Morgan fingerprint density at radius 3 is 2.29 bits per heavy atom. The van der Waals surface area contributed by atoms with Crippen molar-refractivity contribution in [2.45, 2.75) is 38.3 Å². The molecule has 0 spiro atoms. The summed E-state index contributed by atoms with van der Waals surface area (Å²) in [5.74, 6) is 6.46. The third kappa shape index (κ3) is 3.29. The van der Waals surface area contributed by atoms with E-state index in [2.05, 4.69) is 53.3 Å². The number of hydrogen-bond donors (Lipinski definition) is 2. The Bertz CT molecular complexity index is 448. The number of rotatable bonds is 5. The predicted octanol–water partition coefficient (Wildman–Crippen LogP) is 1.18. The zero-order valence-electron chi connectivity index (χ0n) is 13.3. The van der Waals surface area contributed by atoms with Crippen molar-refractivity contribution in [3.63, 3.8) is 0 Å². The van der Waals surface area contributed by atoms with Gasteiger partial charge >= 0.3 is 0 Å². The summed E-state index contributed by atoms with van der Waals surface area (Å²) < 4.78 is 0. The molecule has 116 valence electrons. The molecule has 0 aromatic heterocycles. The van der Waals surface area contributed by atoms with Crippen molar-refractivity contribution < 1.29 is 0 Å². The van der Waals surface area contributed by atoms with Gasteiger partial charge < -0.3 is 0 Å². The maximum atomic E-state index is 5.87. The lowest BCUT2D eigenvalue weighted by Crippen LogP contribution is -2.67. The molecule has 0 amide bonds. The van der Waals surface area contributed by atoms with Crippen LogP contribution in [-0.2, 0) is 6.42 Å². The number of piperazine rings is 3. The van der Waals surface area contributed by atoms with Gasteiger partial charge in [-0.3, -0.25) is 21.1 Å². The highest BCUT2D eigenvalue weighted by molar-refractivity contribution is 5.25. The van der Waals surface area contributed by atoms with Crippen molar-refractivity contribution in [1.82, 2.24) is 15.2 Å². The fraction of sp³-hybridized carbons (Fsp3) is 0.647. The SMILES string of the molecule is CC(C)c1ccc(CC(NN)C2CN3CCN2CC3)cc1. The highest BCUT2D eigenvalue weighted by atomic mass is 15.4. The first-order valence-electron chi connectivity index (χ1n) is 8.18. The highest BCUT2D eigenvalue weighted by Crippen LogP contribution is 2.21. The molecule has 21 heavy (non-hydrogen) atoms. The zero-order chi connectivity index (χ0) is 14.8. The lowest BCUT2D eigenvalue weighted by atomic mass is 9.93. The molecule has 3 saturated heterocycles. The summed E-state index contributed by atoms with van der Waals surface area (Å²) in [6.07, 6.45) is 1.00. The second-order valence-corrected chi connectivity index (χ2v) is 6.78. The lowest BCUT2D eigenvalue weighted by Gasteiger charge is -2.50. The van der Waals surface area contributed by atoms with Crippen molar-refractivity contribution in [3.05, 3.63) is 35.4 Å². The van der Waals surface area contributed by atoms with Crippen LogP contribution in [0.1, 0.15) is 30.9 Å². The quantitative estimate of drug-likeness (QED) is 0.631. The fourth-order valence-electron chi connectivity index (χ4n) is 3.64. The summed E-state index contributed by atoms with van der Waals surface area (Å²) in [6.45, 7) is 10.4. The van der Waals surface area contributed by atoms with Gasteiger partial charge in [-0.25, -0.2) is 0 Å². The van der Waals surface area contributed by atoms with E-state index in [0.29, 0.717) is 18.0 Å². The van der Waals surface area contributed by atoms with Gasteiger partial charge in [0.15, 0.2) is 0 Å². The zero-order valence-corrected chi connectivity index (χ0v) is 13.3. The van der Waals surface area contributed by atoms with Crippen molar-refractivity contribution in [3.8, 4) is 0 Å². The van der Waals surface area contributed by atoms with Gasteiger partial charge in [0.2, 0.25) is 0 Å². The molecule has 1 aromatic carbocycles. The Morgan fingerprint density at radius 2 is 1.81 bits per heavy atom. The van der Waals surface area contributed by atoms with E-state index in [9.17, 15) is 0 Å². The standard InChI is InChI=1S/C17H28N4/c1-13(2)15-5-3-14(4-6-15)11-16(19-18)17-12-20-7-9-21(17)10-8-20/h3-6,13,16-17,19H,7-12,18H2,1-2H3. The van der Waals surface area contributed by atoms with Crippen molar-refractivity contribution in [1.29, 1.82) is 0 Å². The van der Waals surface area contributed by atoms with Gasteiger partial charge in [-0.05, 0) is 23.5 Å². The third-order valence-corrected chi connectivity index (χ3v) is 5.10. The highest BCUT2D eigenvalue weighted by Gasteiger charge is 2.36. The number of benzene rings is 1. The first-order valence-corrected chi connectivity index (χ1v) is 8.18. The van der Waals surface area contributed by atoms with Crippen molar-refractivity contribution in [2.24, 2.45) is 5.84 Å². The van der Waals surface area contributed by atoms with E-state index in [1.807, 2.05) is 0 Å². The number of nitrogens with one attached hydrogen (secondary N) is 1. The lowest BCUT2D eigenvalue weighted by molar-refractivity contribution is -0.00314. The molecule has 3 heterocycles. The third-order valence-electron chi connectivity index (χ3n) is 5.10. The smallest absolute Gasteiger partial charge is 0.0418 e. The van der Waals surface area contributed by atoms with E-state index >= 15 is 0 Å². The first-order chi connectivity index (χ1) is 10.2. The van der Waals surface area contributed by atoms with E-state index in [0.717, 1.165) is 13.0 Å². The summed E-state index contributed by atoms with van der Waals surface area (Å²) in [5.41, 5.74) is 5.85. The summed E-state index contributed by atoms with van der Waals surface area (Å²) in [5, 5.41) is 0. The maximum Gasteiger partial charge on any atom is 0.0418 e. The molecule has 3 fully saturated rings. The second-order valence-electron chi connectivity index (χ2n) is 6.78. The Hall–Kier alpha value is -0.940. The van der Waals surface area contributed by atoms with Crippen LogP contribution in [0, 0.1) is 0 Å². The van der Waals surface area contributed by atoms with Crippen molar-refractivity contribution >= 4 is 0 Å². The van der Waals surface area contributed by atoms with E-state index in [4.69, 9.17) is 5.84 Å². The van der Waals surface area contributed by atoms with Gasteiger partial charge in [-0.2, -0.15) is 0 Å². The molecule has 3 N–H and O–H groups in total. The Kier molecular flexibility index (Phi) is 4.60. The minimum absolute atomic E-state index is 0.331. The summed E-state index contributed by atoms with van der Waals surface area (Å²) in [4.78, 5) is 5.17. The van der Waals surface area contributed by atoms with Gasteiger partial charge in [-0.15, -0.1) is 0 Å². The minimum atomic E-state index is 0.331. The average molecular weight is 288 g/mol. The minimum Gasteiger partial charge on any atom is -0.299 e. The molecule has 1 aromatic rings. The van der Waals surface area contributed by atoms with Gasteiger partial charge in [0.05, 0.1) is 0 Å². The fourth-order valence-corrected chi connectivity index (χ4v) is 3.64. The number of nitrogens with zero attached hydrogens (tertiary/aromatic N) is 2. The molecule has 3 aliphatic heterocycles. The van der Waals surface area contributed by atoms with Gasteiger partial charge in [0.1, 0.15) is 0 Å². The normalized spacial score (nSPS) is 29.8. The topological polar surface area (TPSA) is 44.5 Å². The van der Waals surface area contributed by atoms with Crippen LogP contribution < -0.4 is 11.3 Å². The van der Waals surface area contributed by atoms with E-state index in [1.165, 1.54) is 37.3 Å². The number of hydrazine groups is 1. The van der Waals surface area contributed by atoms with Gasteiger partial charge in [0.25, 0.3) is 0 Å². The largest absolute Gasteiger partial charge is 0.299 e. The second kappa shape index (κ2) is 6.44. The van der Waals surface area contributed by atoms with Gasteiger partial charge in [0, 0.05) is 44.8 Å². The van der Waals surface area contributed by atoms with E-state index < -0.39 is 0 Å². The molecular weight excluding hydrogens is 260 g/mol. The molecule has 3 aliphatic rings. The van der Waals surface area contributed by atoms with Crippen LogP contribution in [0.3, 0.4) is 0 Å². The first kappa shape index (κ1) is 15.0. The maximum absolute atomic E-state index is 5.87. The number of hydrogen-bond acceptors (Lipinski definition) is 4. The molecule has 0 radical (unpaired) electrons. The average Bonchev–Trinajstić information content (AvgIpc) is 2.54. The number of nitrogens with two attached hydrogens (primary N) is 1. The van der Waals surface area contributed by atoms with Crippen LogP contribution >= 0.6 is 0 Å². The molecule has 2 unspecified atom stereocenters.